The van der Waals surface area contributed by atoms with E-state index in [1.54, 1.807) is 0 Å². The number of aliphatic carboxylic acids is 2. The van der Waals surface area contributed by atoms with Crippen molar-refractivity contribution in [2.75, 3.05) is 13.2 Å². The summed E-state index contributed by atoms with van der Waals surface area (Å²) >= 11 is 0. The summed E-state index contributed by atoms with van der Waals surface area (Å²) in [5, 5.41) is 107. The van der Waals surface area contributed by atoms with Gasteiger partial charge < -0.3 is 70.9 Å². The summed E-state index contributed by atoms with van der Waals surface area (Å²) in [6.45, 7) is -1.73. The molecular formula is C12H22BaO14. The Labute approximate surface area is 192 Å². The minimum Gasteiger partial charge on any atom is -0.547 e. The fourth-order valence-electron chi connectivity index (χ4n) is 1.32. The SMILES string of the molecule is O=C([O-])[C@@H](O)[C@@H](O)[C@@H](O)[C@@H](O)CO.O=C([O-])[C@@H](O)[C@@H](O)[C@@H](O)[C@@H](O)CO.[Ba+2]. The van der Waals surface area contributed by atoms with E-state index >= 15 is 0 Å². The summed E-state index contributed by atoms with van der Waals surface area (Å²) in [7, 11) is 0. The van der Waals surface area contributed by atoms with Crippen LogP contribution in [0.2, 0.25) is 0 Å². The normalized spacial score (nSPS) is 19.6. The molecule has 0 aromatic heterocycles. The summed E-state index contributed by atoms with van der Waals surface area (Å²) in [6.07, 6.45) is -16.2. The smallest absolute Gasteiger partial charge is 0.547 e. The summed E-state index contributed by atoms with van der Waals surface area (Å²) in [6, 6.07) is 0. The van der Waals surface area contributed by atoms with E-state index < -0.39 is 74.0 Å². The third kappa shape index (κ3) is 11.6. The van der Waals surface area contributed by atoms with Gasteiger partial charge in [0.1, 0.15) is 48.8 Å². The Balaban J connectivity index is -0.000000411. The first-order chi connectivity index (χ1) is 11.8. The molecule has 0 saturated heterocycles. The minimum atomic E-state index is -2.31. The van der Waals surface area contributed by atoms with Crippen molar-refractivity contribution < 1.29 is 70.9 Å². The summed E-state index contributed by atoms with van der Waals surface area (Å²) < 4.78 is 0. The fraction of sp³-hybridized carbons (Fsp3) is 0.833. The fourth-order valence-corrected chi connectivity index (χ4v) is 1.32. The Kier molecular flexibility index (Phi) is 18.8. The van der Waals surface area contributed by atoms with E-state index in [1.165, 1.54) is 0 Å². The second-order valence-electron chi connectivity index (χ2n) is 4.99. The molecule has 8 atom stereocenters. The predicted molar refractivity (Wildman–Crippen MR) is 78.0 cm³/mol. The van der Waals surface area contributed by atoms with Gasteiger partial charge in [-0.25, -0.2) is 0 Å². The molecule has 0 aromatic rings. The molecule has 0 radical (unpaired) electrons. The third-order valence-electron chi connectivity index (χ3n) is 2.99. The molecule has 14 nitrogen and oxygen atoms in total. The average molecular weight is 528 g/mol. The molecule has 0 heterocycles. The van der Waals surface area contributed by atoms with Crippen LogP contribution < -0.4 is 10.2 Å². The van der Waals surface area contributed by atoms with Crippen molar-refractivity contribution in [2.24, 2.45) is 0 Å². The van der Waals surface area contributed by atoms with Crippen molar-refractivity contribution in [3.63, 3.8) is 0 Å². The molecule has 0 rings (SSSR count). The number of hydrogen-bond acceptors (Lipinski definition) is 14. The molecular weight excluding hydrogens is 505 g/mol. The third-order valence-corrected chi connectivity index (χ3v) is 2.99. The first-order valence-corrected chi connectivity index (χ1v) is 6.91. The van der Waals surface area contributed by atoms with Gasteiger partial charge in [0.2, 0.25) is 0 Å². The molecule has 0 aliphatic carbocycles. The average Bonchev–Trinajstić information content (AvgIpc) is 2.62. The van der Waals surface area contributed by atoms with E-state index in [0.29, 0.717) is 0 Å². The molecule has 10 N–H and O–H groups in total. The number of aliphatic hydroxyl groups is 10. The van der Waals surface area contributed by atoms with Gasteiger partial charge in [0, 0.05) is 0 Å². The van der Waals surface area contributed by atoms with Gasteiger partial charge in [-0.05, 0) is 0 Å². The van der Waals surface area contributed by atoms with Crippen LogP contribution in [0.5, 0.6) is 0 Å². The monoisotopic (exact) mass is 528 g/mol. The van der Waals surface area contributed by atoms with Crippen LogP contribution in [0, 0.1) is 0 Å². The zero-order chi connectivity index (χ0) is 21.2. The number of carboxylic acids is 2. The topological polar surface area (TPSA) is 283 Å². The van der Waals surface area contributed by atoms with Crippen molar-refractivity contribution in [3.8, 4) is 0 Å². The largest absolute Gasteiger partial charge is 2.00 e. The van der Waals surface area contributed by atoms with E-state index in [2.05, 4.69) is 0 Å². The van der Waals surface area contributed by atoms with Crippen LogP contribution in [-0.2, 0) is 9.59 Å². The summed E-state index contributed by atoms with van der Waals surface area (Å²) in [5.74, 6) is -3.95. The van der Waals surface area contributed by atoms with Crippen molar-refractivity contribution in [2.45, 2.75) is 48.8 Å². The van der Waals surface area contributed by atoms with Crippen LogP contribution in [0.25, 0.3) is 0 Å². The number of carbonyl (C=O) groups is 2. The molecule has 0 amide bonds. The Morgan fingerprint density at radius 2 is 0.815 bits per heavy atom. The van der Waals surface area contributed by atoms with Crippen molar-refractivity contribution in [3.05, 3.63) is 0 Å². The van der Waals surface area contributed by atoms with Crippen LogP contribution >= 0.6 is 0 Å². The second-order valence-corrected chi connectivity index (χ2v) is 4.99. The van der Waals surface area contributed by atoms with Gasteiger partial charge in [0.05, 0.1) is 25.2 Å². The van der Waals surface area contributed by atoms with Gasteiger partial charge in [-0.2, -0.15) is 0 Å². The molecule has 0 aliphatic rings. The Morgan fingerprint density at radius 1 is 0.593 bits per heavy atom. The van der Waals surface area contributed by atoms with Crippen LogP contribution in [-0.4, -0.2) is 174 Å². The minimum absolute atomic E-state index is 0. The van der Waals surface area contributed by atoms with Gasteiger partial charge in [0.25, 0.3) is 0 Å². The zero-order valence-electron chi connectivity index (χ0n) is 13.8. The molecule has 27 heavy (non-hydrogen) atoms. The number of rotatable bonds is 10. The number of aliphatic hydroxyl groups excluding tert-OH is 10. The molecule has 156 valence electrons. The van der Waals surface area contributed by atoms with Crippen molar-refractivity contribution in [1.29, 1.82) is 0 Å². The van der Waals surface area contributed by atoms with E-state index in [-0.39, 0.29) is 48.9 Å². The molecule has 0 unspecified atom stereocenters. The van der Waals surface area contributed by atoms with Gasteiger partial charge >= 0.3 is 48.9 Å². The molecule has 15 heteroatoms. The van der Waals surface area contributed by atoms with E-state index in [1.807, 2.05) is 0 Å². The maximum Gasteiger partial charge on any atom is 2.00 e. The van der Waals surface area contributed by atoms with Gasteiger partial charge in [-0.1, -0.05) is 0 Å². The first-order valence-electron chi connectivity index (χ1n) is 6.91. The number of carboxylic acid groups (broad SMARTS) is 2. The van der Waals surface area contributed by atoms with E-state index in [4.69, 9.17) is 51.1 Å². The molecule has 0 saturated carbocycles. The van der Waals surface area contributed by atoms with Crippen LogP contribution in [0.4, 0.5) is 0 Å². The quantitative estimate of drug-likeness (QED) is 0.118. The second kappa shape index (κ2) is 16.0. The molecule has 0 bridgehead atoms. The Bertz CT molecular complexity index is 385. The van der Waals surface area contributed by atoms with Crippen molar-refractivity contribution >= 4 is 60.8 Å². The van der Waals surface area contributed by atoms with Crippen molar-refractivity contribution in [1.82, 2.24) is 0 Å². The zero-order valence-corrected chi connectivity index (χ0v) is 18.3. The maximum atomic E-state index is 9.98. The predicted octanol–water partition coefficient (Wildman–Crippen LogP) is -10.0. The van der Waals surface area contributed by atoms with E-state index in [9.17, 15) is 19.8 Å². The molecule has 0 aromatic carbocycles. The number of carbonyl (C=O) groups excluding carboxylic acids is 2. The van der Waals surface area contributed by atoms with Gasteiger partial charge in [0.15, 0.2) is 0 Å². The Hall–Kier alpha value is 0.111. The molecule has 0 fully saturated rings. The van der Waals surface area contributed by atoms with Gasteiger partial charge in [-0.15, -0.1) is 0 Å². The van der Waals surface area contributed by atoms with Gasteiger partial charge in [-0.3, -0.25) is 0 Å². The standard InChI is InChI=1S/2C6H12O7.Ba/c2*7-1-2(8)3(9)4(10)5(11)6(12)13;/h2*2-5,7-11H,1H2,(H,12,13);/q;;+2/p-2/t2*2-,3-,4-,5-;/m00./s1. The first kappa shape index (κ1) is 31.8. The van der Waals surface area contributed by atoms with E-state index in [0.717, 1.165) is 0 Å². The number of hydrogen-bond donors (Lipinski definition) is 10. The van der Waals surface area contributed by atoms with Crippen LogP contribution in [0.3, 0.4) is 0 Å². The van der Waals surface area contributed by atoms with Crippen LogP contribution in [0.1, 0.15) is 0 Å². The molecule has 0 spiro atoms. The van der Waals surface area contributed by atoms with Crippen LogP contribution in [0.15, 0.2) is 0 Å². The maximum absolute atomic E-state index is 9.98. The Morgan fingerprint density at radius 3 is 0.963 bits per heavy atom. The summed E-state index contributed by atoms with van der Waals surface area (Å²) in [4.78, 5) is 20.0. The summed E-state index contributed by atoms with van der Waals surface area (Å²) in [5.41, 5.74) is 0. The molecule has 0 aliphatic heterocycles.